The van der Waals surface area contributed by atoms with Crippen LogP contribution in [-0.4, -0.2) is 15.7 Å². The molecule has 0 amide bonds. The Morgan fingerprint density at radius 2 is 2.00 bits per heavy atom. The van der Waals surface area contributed by atoms with Crippen molar-refractivity contribution in [1.29, 1.82) is 0 Å². The molecule has 0 aliphatic heterocycles. The van der Waals surface area contributed by atoms with Crippen molar-refractivity contribution < 1.29 is 0 Å². The highest BCUT2D eigenvalue weighted by molar-refractivity contribution is 14.2. The minimum atomic E-state index is 0.746. The zero-order valence-corrected chi connectivity index (χ0v) is 14.0. The predicted octanol–water partition coefficient (Wildman–Crippen LogP) is 4.32. The summed E-state index contributed by atoms with van der Waals surface area (Å²) in [4.78, 5) is 9.31. The van der Waals surface area contributed by atoms with Crippen LogP contribution in [0.4, 0.5) is 5.69 Å². The van der Waals surface area contributed by atoms with Crippen LogP contribution in [0.15, 0.2) is 18.2 Å². The van der Waals surface area contributed by atoms with Crippen molar-refractivity contribution in [2.24, 2.45) is 0 Å². The van der Waals surface area contributed by atoms with Crippen LogP contribution in [0.2, 0.25) is 0 Å². The van der Waals surface area contributed by atoms with Crippen molar-refractivity contribution in [3.8, 4) is 0 Å². The fourth-order valence-electron chi connectivity index (χ4n) is 2.06. The molecule has 0 bridgehead atoms. The van der Waals surface area contributed by atoms with E-state index in [0.29, 0.717) is 0 Å². The molecule has 19 heavy (non-hydrogen) atoms. The molecule has 102 valence electrons. The Morgan fingerprint density at radius 3 is 2.79 bits per heavy atom. The minimum absolute atomic E-state index is 0.746. The summed E-state index contributed by atoms with van der Waals surface area (Å²) in [7, 11) is 1.88. The third-order valence-corrected chi connectivity index (χ3v) is 4.86. The number of benzene rings is 1. The van der Waals surface area contributed by atoms with Gasteiger partial charge in [0.15, 0.2) is 0 Å². The number of nitrogen functional groups attached to an aromatic ring is 1. The second-order valence-corrected chi connectivity index (χ2v) is 7.12. The van der Waals surface area contributed by atoms with E-state index in [2.05, 4.69) is 26.2 Å². The number of unbranched alkanes of at least 4 members (excludes halogenated alkanes) is 2. The summed E-state index contributed by atoms with van der Waals surface area (Å²) in [5.74, 6) is 1.24. The molecule has 0 fully saturated rings. The largest absolute Gasteiger partial charge is 0.399 e. The molecule has 0 atom stereocenters. The Labute approximate surface area is 130 Å². The van der Waals surface area contributed by atoms with Crippen LogP contribution < -0.4 is 5.73 Å². The third-order valence-electron chi connectivity index (χ3n) is 3.10. The summed E-state index contributed by atoms with van der Waals surface area (Å²) in [5, 5.41) is 0. The van der Waals surface area contributed by atoms with Crippen LogP contribution >= 0.6 is 30.1 Å². The van der Waals surface area contributed by atoms with Gasteiger partial charge < -0.3 is 5.73 Å². The third kappa shape index (κ3) is 4.21. The number of halogens is 1. The highest BCUT2D eigenvalue weighted by Gasteiger charge is 2.05. The number of nitrogens with zero attached hydrogens (tertiary/aromatic N) is 2. The second kappa shape index (κ2) is 7.28. The molecular formula is C14H18IN3S. The van der Waals surface area contributed by atoms with Crippen molar-refractivity contribution in [2.75, 3.05) is 11.5 Å². The maximum atomic E-state index is 5.80. The monoisotopic (exact) mass is 387 g/mol. The molecule has 3 nitrogen and oxygen atoms in total. The molecule has 0 aliphatic carbocycles. The lowest BCUT2D eigenvalue weighted by molar-refractivity contribution is 0.708. The maximum Gasteiger partial charge on any atom is 0.0910 e. The lowest BCUT2D eigenvalue weighted by Gasteiger charge is -2.07. The Balaban J connectivity index is 2.07. The summed E-state index contributed by atoms with van der Waals surface area (Å²) in [5.41, 5.74) is 10.5. The molecule has 0 saturated carbocycles. The van der Waals surface area contributed by atoms with E-state index in [4.69, 9.17) is 10.7 Å². The van der Waals surface area contributed by atoms with E-state index in [9.17, 15) is 0 Å². The quantitative estimate of drug-likeness (QED) is 0.456. The summed E-state index contributed by atoms with van der Waals surface area (Å²) < 4.78 is 0. The maximum absolute atomic E-state index is 5.80. The average molecular weight is 387 g/mol. The van der Waals surface area contributed by atoms with E-state index in [1.165, 1.54) is 25.0 Å². The van der Waals surface area contributed by atoms with E-state index in [1.807, 2.05) is 34.1 Å². The van der Waals surface area contributed by atoms with Crippen LogP contribution in [0.25, 0.3) is 11.0 Å². The first kappa shape index (κ1) is 14.8. The second-order valence-electron chi connectivity index (χ2n) is 4.63. The molecule has 0 spiro atoms. The molecular weight excluding hydrogens is 369 g/mol. The normalized spacial score (nSPS) is 11.1. The van der Waals surface area contributed by atoms with Gasteiger partial charge in [-0.1, -0.05) is 15.4 Å². The molecule has 1 aromatic carbocycles. The van der Waals surface area contributed by atoms with Crippen LogP contribution in [0.5, 0.6) is 0 Å². The van der Waals surface area contributed by atoms with Gasteiger partial charge in [-0.15, -0.1) is 0 Å². The number of fused-ring (bicyclic) bond motifs is 1. The van der Waals surface area contributed by atoms with E-state index >= 15 is 0 Å². The number of rotatable bonds is 6. The first-order chi connectivity index (χ1) is 9.20. The molecule has 1 heterocycles. The van der Waals surface area contributed by atoms with Gasteiger partial charge >= 0.3 is 0 Å². The molecule has 2 rings (SSSR count). The zero-order chi connectivity index (χ0) is 13.7. The van der Waals surface area contributed by atoms with Crippen molar-refractivity contribution >= 4 is 46.9 Å². The lowest BCUT2D eigenvalue weighted by Crippen LogP contribution is -1.99. The Kier molecular flexibility index (Phi) is 5.69. The van der Waals surface area contributed by atoms with E-state index < -0.39 is 0 Å². The van der Waals surface area contributed by atoms with Crippen LogP contribution in [0.3, 0.4) is 0 Å². The van der Waals surface area contributed by atoms with E-state index in [1.54, 1.807) is 0 Å². The highest BCUT2D eigenvalue weighted by atomic mass is 127. The van der Waals surface area contributed by atoms with Gasteiger partial charge in [-0.05, 0) is 65.6 Å². The Morgan fingerprint density at radius 1 is 1.16 bits per heavy atom. The first-order valence-electron chi connectivity index (χ1n) is 6.47. The number of nitrogens with two attached hydrogens (primary N) is 1. The van der Waals surface area contributed by atoms with Gasteiger partial charge in [0, 0.05) is 11.4 Å². The topological polar surface area (TPSA) is 51.8 Å². The van der Waals surface area contributed by atoms with Gasteiger partial charge in [-0.25, -0.2) is 9.97 Å². The van der Waals surface area contributed by atoms with Gasteiger partial charge in [0.05, 0.1) is 22.4 Å². The number of hydrogen-bond acceptors (Lipinski definition) is 4. The molecule has 2 aromatic rings. The number of hydrogen-bond donors (Lipinski definition) is 1. The molecule has 0 unspecified atom stereocenters. The summed E-state index contributed by atoms with van der Waals surface area (Å²) >= 11 is 2.35. The van der Waals surface area contributed by atoms with Crippen molar-refractivity contribution in [1.82, 2.24) is 9.97 Å². The zero-order valence-electron chi connectivity index (χ0n) is 11.0. The van der Waals surface area contributed by atoms with Crippen LogP contribution in [-0.2, 0) is 6.42 Å². The number of aryl methyl sites for hydroxylation is 2. The molecule has 0 saturated heterocycles. The summed E-state index contributed by atoms with van der Waals surface area (Å²) in [6.07, 6.45) is 4.72. The van der Waals surface area contributed by atoms with Crippen LogP contribution in [0, 0.1) is 6.92 Å². The van der Waals surface area contributed by atoms with Crippen molar-refractivity contribution in [3.05, 3.63) is 29.6 Å². The molecule has 0 radical (unpaired) electrons. The van der Waals surface area contributed by atoms with Gasteiger partial charge in [0.2, 0.25) is 0 Å². The number of anilines is 1. The van der Waals surface area contributed by atoms with Gasteiger partial charge in [0.1, 0.15) is 0 Å². The average Bonchev–Trinajstić information content (AvgIpc) is 2.39. The summed E-state index contributed by atoms with van der Waals surface area (Å²) in [6, 6.07) is 5.71. The molecule has 2 N–H and O–H groups in total. The number of aromatic nitrogens is 2. The fourth-order valence-corrected chi connectivity index (χ4v) is 3.31. The highest BCUT2D eigenvalue weighted by Crippen LogP contribution is 2.18. The van der Waals surface area contributed by atoms with Gasteiger partial charge in [0.25, 0.3) is 0 Å². The summed E-state index contributed by atoms with van der Waals surface area (Å²) in [6.45, 7) is 2.04. The van der Waals surface area contributed by atoms with E-state index in [-0.39, 0.29) is 0 Å². The minimum Gasteiger partial charge on any atom is -0.399 e. The van der Waals surface area contributed by atoms with Gasteiger partial charge in [-0.2, -0.15) is 0 Å². The predicted molar refractivity (Wildman–Crippen MR) is 92.7 cm³/mol. The first-order valence-corrected chi connectivity index (χ1v) is 10.00. The lowest BCUT2D eigenvalue weighted by atomic mass is 10.1. The Hall–Kier alpha value is -0.560. The Bertz CT molecular complexity index is 560. The SMILES string of the molecule is Cc1nc2ccc(N)cc2nc1CCCCCSI. The molecule has 0 aliphatic rings. The standard InChI is InChI=1S/C14H18IN3S/c1-10-12(5-3-2-4-8-19-15)18-14-9-11(16)6-7-13(14)17-10/h6-7,9H,2-5,8,16H2,1H3. The smallest absolute Gasteiger partial charge is 0.0910 e. The molecule has 1 aromatic heterocycles. The molecule has 5 heteroatoms. The fraction of sp³-hybridized carbons (Fsp3) is 0.429. The van der Waals surface area contributed by atoms with Crippen LogP contribution in [0.1, 0.15) is 30.7 Å². The van der Waals surface area contributed by atoms with Crippen molar-refractivity contribution in [3.63, 3.8) is 0 Å². The van der Waals surface area contributed by atoms with Gasteiger partial charge in [-0.3, -0.25) is 0 Å². The van der Waals surface area contributed by atoms with Crippen molar-refractivity contribution in [2.45, 2.75) is 32.6 Å². The van der Waals surface area contributed by atoms with E-state index in [0.717, 1.165) is 34.5 Å².